The predicted octanol–water partition coefficient (Wildman–Crippen LogP) is 2.06. The average molecular weight is 386 g/mol. The van der Waals surface area contributed by atoms with Crippen molar-refractivity contribution in [3.8, 4) is 0 Å². The highest BCUT2D eigenvalue weighted by Crippen LogP contribution is 2.21. The Hall–Kier alpha value is -2.67. The monoisotopic (exact) mass is 386 g/mol. The second-order valence-corrected chi connectivity index (χ2v) is 8.55. The van der Waals surface area contributed by atoms with Crippen molar-refractivity contribution < 1.29 is 18.0 Å². The van der Waals surface area contributed by atoms with E-state index in [0.29, 0.717) is 31.4 Å². The first kappa shape index (κ1) is 19.1. The molecular weight excluding hydrogens is 364 g/mol. The fraction of sp³-hybridized carbons (Fsp3) is 0.300. The van der Waals surface area contributed by atoms with Crippen molar-refractivity contribution in [3.05, 3.63) is 65.7 Å². The molecule has 1 saturated heterocycles. The summed E-state index contributed by atoms with van der Waals surface area (Å²) in [5.41, 5.74) is 0.804. The van der Waals surface area contributed by atoms with E-state index >= 15 is 0 Å². The van der Waals surface area contributed by atoms with Crippen molar-refractivity contribution >= 4 is 21.7 Å². The first-order chi connectivity index (χ1) is 13.0. The summed E-state index contributed by atoms with van der Waals surface area (Å²) in [4.78, 5) is 24.2. The lowest BCUT2D eigenvalue weighted by Crippen LogP contribution is -2.36. The van der Waals surface area contributed by atoms with E-state index in [1.807, 2.05) is 6.07 Å². The van der Waals surface area contributed by atoms with E-state index in [0.717, 1.165) is 0 Å². The Balaban J connectivity index is 1.80. The molecule has 1 aliphatic rings. The summed E-state index contributed by atoms with van der Waals surface area (Å²) in [6.45, 7) is 0.498. The van der Waals surface area contributed by atoms with Gasteiger partial charge in [-0.3, -0.25) is 9.59 Å². The third-order valence-electron chi connectivity index (χ3n) is 4.54. The smallest absolute Gasteiger partial charge is 0.252 e. The SMILES string of the molecule is O=C1CCC(NC(=O)c2ccccc2S(=O)(=O)Cc2ccccc2)CCN1. The van der Waals surface area contributed by atoms with Gasteiger partial charge in [-0.2, -0.15) is 0 Å². The maximum atomic E-state index is 12.9. The van der Waals surface area contributed by atoms with Gasteiger partial charge >= 0.3 is 0 Å². The van der Waals surface area contributed by atoms with E-state index in [4.69, 9.17) is 0 Å². The molecule has 2 amide bonds. The van der Waals surface area contributed by atoms with Crippen LogP contribution in [0.5, 0.6) is 0 Å². The van der Waals surface area contributed by atoms with Crippen molar-refractivity contribution in [2.45, 2.75) is 36.0 Å². The van der Waals surface area contributed by atoms with Crippen LogP contribution in [0.25, 0.3) is 0 Å². The molecule has 2 aromatic carbocycles. The number of benzene rings is 2. The van der Waals surface area contributed by atoms with Crippen molar-refractivity contribution in [2.24, 2.45) is 0 Å². The van der Waals surface area contributed by atoms with E-state index in [1.165, 1.54) is 12.1 Å². The van der Waals surface area contributed by atoms with Gasteiger partial charge in [0, 0.05) is 19.0 Å². The second-order valence-electron chi connectivity index (χ2n) is 6.59. The van der Waals surface area contributed by atoms with E-state index in [1.54, 1.807) is 36.4 Å². The fourth-order valence-electron chi connectivity index (χ4n) is 3.13. The van der Waals surface area contributed by atoms with Crippen LogP contribution in [-0.4, -0.2) is 32.8 Å². The second kappa shape index (κ2) is 8.35. The van der Waals surface area contributed by atoms with Gasteiger partial charge in [0.15, 0.2) is 9.84 Å². The van der Waals surface area contributed by atoms with Crippen LogP contribution in [0.2, 0.25) is 0 Å². The number of carbonyl (C=O) groups excluding carboxylic acids is 2. The summed E-state index contributed by atoms with van der Waals surface area (Å²) < 4.78 is 25.8. The van der Waals surface area contributed by atoms with Crippen LogP contribution in [0.4, 0.5) is 0 Å². The summed E-state index contributed by atoms with van der Waals surface area (Å²) in [5, 5.41) is 5.64. The van der Waals surface area contributed by atoms with Gasteiger partial charge in [-0.25, -0.2) is 8.42 Å². The van der Waals surface area contributed by atoms with Crippen LogP contribution in [0.15, 0.2) is 59.5 Å². The summed E-state index contributed by atoms with van der Waals surface area (Å²) in [7, 11) is -3.67. The number of rotatable bonds is 5. The third-order valence-corrected chi connectivity index (χ3v) is 6.28. The first-order valence-corrected chi connectivity index (χ1v) is 10.5. The third kappa shape index (κ3) is 4.95. The molecule has 0 radical (unpaired) electrons. The van der Waals surface area contributed by atoms with E-state index in [-0.39, 0.29) is 28.2 Å². The van der Waals surface area contributed by atoms with Crippen molar-refractivity contribution in [3.63, 3.8) is 0 Å². The van der Waals surface area contributed by atoms with Gasteiger partial charge in [0.1, 0.15) is 0 Å². The average Bonchev–Trinajstić information content (AvgIpc) is 2.86. The van der Waals surface area contributed by atoms with Crippen LogP contribution in [0.3, 0.4) is 0 Å². The first-order valence-electron chi connectivity index (χ1n) is 8.89. The molecule has 3 rings (SSSR count). The Morgan fingerprint density at radius 3 is 2.52 bits per heavy atom. The Bertz CT molecular complexity index is 926. The predicted molar refractivity (Wildman–Crippen MR) is 102 cm³/mol. The number of sulfone groups is 1. The molecule has 6 nitrogen and oxygen atoms in total. The fourth-order valence-corrected chi connectivity index (χ4v) is 4.70. The highest BCUT2D eigenvalue weighted by Gasteiger charge is 2.25. The molecule has 0 aliphatic carbocycles. The van der Waals surface area contributed by atoms with Gasteiger partial charge in [-0.05, 0) is 30.5 Å². The van der Waals surface area contributed by atoms with Crippen LogP contribution in [-0.2, 0) is 20.4 Å². The quantitative estimate of drug-likeness (QED) is 0.823. The van der Waals surface area contributed by atoms with Gasteiger partial charge < -0.3 is 10.6 Å². The van der Waals surface area contributed by atoms with Crippen LogP contribution < -0.4 is 10.6 Å². The summed E-state index contributed by atoms with van der Waals surface area (Å²) in [6.07, 6.45) is 1.51. The minimum atomic E-state index is -3.67. The maximum Gasteiger partial charge on any atom is 0.252 e. The topological polar surface area (TPSA) is 92.3 Å². The summed E-state index contributed by atoms with van der Waals surface area (Å²) in [6, 6.07) is 15.0. The molecule has 7 heteroatoms. The lowest BCUT2D eigenvalue weighted by molar-refractivity contribution is -0.120. The number of hydrogen-bond donors (Lipinski definition) is 2. The number of carbonyl (C=O) groups is 2. The Morgan fingerprint density at radius 2 is 1.74 bits per heavy atom. The molecule has 1 atom stereocenters. The molecular formula is C20H22N2O4S. The number of amides is 2. The Kier molecular flexibility index (Phi) is 5.91. The Labute approximate surface area is 158 Å². The molecule has 2 aromatic rings. The van der Waals surface area contributed by atoms with E-state index < -0.39 is 15.7 Å². The zero-order chi connectivity index (χ0) is 19.3. The lowest BCUT2D eigenvalue weighted by atomic mass is 10.1. The normalized spacial score (nSPS) is 17.6. The van der Waals surface area contributed by atoms with Crippen LogP contribution >= 0.6 is 0 Å². The van der Waals surface area contributed by atoms with Crippen LogP contribution in [0.1, 0.15) is 35.2 Å². The van der Waals surface area contributed by atoms with E-state index in [9.17, 15) is 18.0 Å². The maximum absolute atomic E-state index is 12.9. The van der Waals surface area contributed by atoms with Crippen molar-refractivity contribution in [2.75, 3.05) is 6.54 Å². The Morgan fingerprint density at radius 1 is 1.04 bits per heavy atom. The van der Waals surface area contributed by atoms with Crippen molar-refractivity contribution in [1.82, 2.24) is 10.6 Å². The molecule has 1 heterocycles. The molecule has 0 bridgehead atoms. The highest BCUT2D eigenvalue weighted by atomic mass is 32.2. The molecule has 27 heavy (non-hydrogen) atoms. The lowest BCUT2D eigenvalue weighted by Gasteiger charge is -2.17. The molecule has 1 aliphatic heterocycles. The number of nitrogens with one attached hydrogen (secondary N) is 2. The standard InChI is InChI=1S/C20H22N2O4S/c23-19-11-10-16(12-13-21-19)22-20(24)17-8-4-5-9-18(17)27(25,26)14-15-6-2-1-3-7-15/h1-9,16H,10-14H2,(H,21,23)(H,22,24). The van der Waals surface area contributed by atoms with Gasteiger partial charge in [-0.15, -0.1) is 0 Å². The largest absolute Gasteiger partial charge is 0.356 e. The number of hydrogen-bond acceptors (Lipinski definition) is 4. The van der Waals surface area contributed by atoms with Gasteiger partial charge in [0.25, 0.3) is 5.91 Å². The zero-order valence-corrected chi connectivity index (χ0v) is 15.7. The van der Waals surface area contributed by atoms with Gasteiger partial charge in [-0.1, -0.05) is 42.5 Å². The van der Waals surface area contributed by atoms with E-state index in [2.05, 4.69) is 10.6 Å². The zero-order valence-electron chi connectivity index (χ0n) is 14.9. The summed E-state index contributed by atoms with van der Waals surface area (Å²) in [5.74, 6) is -0.626. The molecule has 142 valence electrons. The minimum Gasteiger partial charge on any atom is -0.356 e. The highest BCUT2D eigenvalue weighted by molar-refractivity contribution is 7.90. The summed E-state index contributed by atoms with van der Waals surface area (Å²) >= 11 is 0. The van der Waals surface area contributed by atoms with Crippen molar-refractivity contribution in [1.29, 1.82) is 0 Å². The van der Waals surface area contributed by atoms with Gasteiger partial charge in [0.2, 0.25) is 5.91 Å². The molecule has 0 saturated carbocycles. The molecule has 2 N–H and O–H groups in total. The molecule has 1 fully saturated rings. The van der Waals surface area contributed by atoms with Crippen LogP contribution in [0, 0.1) is 0 Å². The molecule has 0 aromatic heterocycles. The molecule has 0 spiro atoms. The molecule has 1 unspecified atom stereocenters. The minimum absolute atomic E-state index is 0.0224. The van der Waals surface area contributed by atoms with Gasteiger partial charge in [0.05, 0.1) is 16.2 Å².